The first kappa shape index (κ1) is 27.2. The molecular weight excluding hydrogens is 592 g/mol. The maximum Gasteiger partial charge on any atom is 0.416 e. The van der Waals surface area contributed by atoms with Crippen LogP contribution in [0.3, 0.4) is 0 Å². The van der Waals surface area contributed by atoms with Gasteiger partial charge in [0.1, 0.15) is 0 Å². The summed E-state index contributed by atoms with van der Waals surface area (Å²) in [6.07, 6.45) is -4.49. The van der Waals surface area contributed by atoms with E-state index < -0.39 is 11.7 Å². The van der Waals surface area contributed by atoms with Gasteiger partial charge in [-0.1, -0.05) is 41.4 Å². The van der Waals surface area contributed by atoms with Crippen LogP contribution in [-0.4, -0.2) is 9.35 Å². The second-order valence-corrected chi connectivity index (χ2v) is 10.2. The molecule has 0 N–H and O–H groups in total. The first-order chi connectivity index (χ1) is 17.2. The van der Waals surface area contributed by atoms with Gasteiger partial charge in [0.25, 0.3) is 0 Å². The third-order valence-corrected chi connectivity index (χ3v) is 7.92. The topological polar surface area (TPSA) is 44.0 Å². The molecule has 37 heavy (non-hydrogen) atoms. The van der Waals surface area contributed by atoms with Crippen molar-refractivity contribution in [2.75, 3.05) is 0 Å². The summed E-state index contributed by atoms with van der Waals surface area (Å²) < 4.78 is 43.1. The fraction of sp³-hybridized carbons (Fsp3) is 0.185. The number of pyridine rings is 2. The lowest BCUT2D eigenvalue weighted by Crippen LogP contribution is -2.28. The van der Waals surface area contributed by atoms with E-state index in [1.165, 1.54) is 18.2 Å². The average molecular weight is 612 g/mol. The third-order valence-electron chi connectivity index (χ3n) is 6.25. The molecule has 0 fully saturated rings. The second kappa shape index (κ2) is 9.82. The molecule has 10 heteroatoms. The van der Waals surface area contributed by atoms with Crippen LogP contribution in [0.25, 0.3) is 22.3 Å². The molecule has 4 rings (SSSR count). The van der Waals surface area contributed by atoms with Gasteiger partial charge in [0.2, 0.25) is 5.43 Å². The van der Waals surface area contributed by atoms with Crippen LogP contribution >= 0.6 is 39.1 Å². The number of benzene rings is 2. The van der Waals surface area contributed by atoms with E-state index >= 15 is 0 Å². The van der Waals surface area contributed by atoms with Gasteiger partial charge in [-0.3, -0.25) is 18.9 Å². The van der Waals surface area contributed by atoms with Crippen molar-refractivity contribution in [2.24, 2.45) is 0 Å². The Morgan fingerprint density at radius 2 is 1.30 bits per heavy atom. The Kier molecular flexibility index (Phi) is 7.22. The van der Waals surface area contributed by atoms with E-state index in [0.29, 0.717) is 49.5 Å². The normalized spacial score (nSPS) is 11.7. The highest BCUT2D eigenvalue weighted by Crippen LogP contribution is 2.33. The smallest absolute Gasteiger partial charge is 0.289 e. The van der Waals surface area contributed by atoms with Crippen LogP contribution in [0.2, 0.25) is 10.0 Å². The summed E-state index contributed by atoms with van der Waals surface area (Å²) in [5.41, 5.74) is 2.36. The molecule has 0 aliphatic heterocycles. The van der Waals surface area contributed by atoms with Crippen LogP contribution in [0.15, 0.2) is 62.6 Å². The molecule has 2 aromatic heterocycles. The van der Waals surface area contributed by atoms with Crippen molar-refractivity contribution >= 4 is 39.1 Å². The number of nitrogens with zero attached hydrogens (tertiary/aromatic N) is 2. The maximum atomic E-state index is 13.3. The molecule has 0 radical (unpaired) electrons. The van der Waals surface area contributed by atoms with Gasteiger partial charge >= 0.3 is 6.18 Å². The number of hydrogen-bond acceptors (Lipinski definition) is 2. The van der Waals surface area contributed by atoms with Crippen LogP contribution < -0.4 is 10.9 Å². The zero-order valence-corrected chi connectivity index (χ0v) is 23.2. The summed E-state index contributed by atoms with van der Waals surface area (Å²) in [6, 6.07) is 10.9. The van der Waals surface area contributed by atoms with E-state index in [9.17, 15) is 22.8 Å². The van der Waals surface area contributed by atoms with Crippen molar-refractivity contribution in [2.45, 2.75) is 33.9 Å². The zero-order chi connectivity index (χ0) is 27.4. The predicted octanol–water partition coefficient (Wildman–Crippen LogP) is 7.98. The summed E-state index contributed by atoms with van der Waals surface area (Å²) in [5, 5.41) is 0.654. The number of aryl methyl sites for hydroxylation is 1. The van der Waals surface area contributed by atoms with E-state index in [1.807, 2.05) is 0 Å². The minimum absolute atomic E-state index is 0.219. The van der Waals surface area contributed by atoms with Crippen LogP contribution in [-0.2, 0) is 6.18 Å². The second-order valence-electron chi connectivity index (χ2n) is 8.63. The monoisotopic (exact) mass is 610 g/mol. The average Bonchev–Trinajstić information content (AvgIpc) is 2.81. The lowest BCUT2D eigenvalue weighted by Gasteiger charge is -2.26. The van der Waals surface area contributed by atoms with Crippen LogP contribution in [0.1, 0.15) is 28.3 Å². The van der Waals surface area contributed by atoms with Crippen molar-refractivity contribution in [1.29, 1.82) is 0 Å². The molecule has 0 aliphatic carbocycles. The molecule has 2 aromatic carbocycles. The Bertz CT molecular complexity index is 1670. The quantitative estimate of drug-likeness (QED) is 0.236. The number of hydrogen-bond donors (Lipinski definition) is 0. The highest BCUT2D eigenvalue weighted by atomic mass is 79.9. The fourth-order valence-electron chi connectivity index (χ4n) is 4.54. The Balaban J connectivity index is 2.04. The molecular formula is C27H20BrCl2F3N2O2. The highest BCUT2D eigenvalue weighted by Gasteiger charge is 2.30. The van der Waals surface area contributed by atoms with Crippen LogP contribution in [0.5, 0.6) is 0 Å². The van der Waals surface area contributed by atoms with Gasteiger partial charge in [-0.25, -0.2) is 0 Å². The molecule has 0 atom stereocenters. The van der Waals surface area contributed by atoms with E-state index in [1.54, 1.807) is 55.2 Å². The predicted molar refractivity (Wildman–Crippen MR) is 145 cm³/mol. The number of rotatable bonds is 3. The van der Waals surface area contributed by atoms with E-state index in [2.05, 4.69) is 15.9 Å². The standard InChI is InChI=1S/C27H20BrCl2F3N2O2/c1-13-11-22(36)23(18-7-10-20(29)21(30)12-18)14(2)34(13)35-15(3)24(26(37)25(28)16(35)4)17-5-8-19(9-6-17)27(31,32)33/h5-12H,1-4H3. The molecule has 4 nitrogen and oxygen atoms in total. The molecule has 0 aliphatic rings. The zero-order valence-electron chi connectivity index (χ0n) is 20.1. The molecule has 2 heterocycles. The minimum Gasteiger partial charge on any atom is -0.289 e. The largest absolute Gasteiger partial charge is 0.416 e. The summed E-state index contributed by atoms with van der Waals surface area (Å²) >= 11 is 15.7. The highest BCUT2D eigenvalue weighted by molar-refractivity contribution is 9.10. The van der Waals surface area contributed by atoms with E-state index in [4.69, 9.17) is 23.2 Å². The van der Waals surface area contributed by atoms with E-state index in [-0.39, 0.29) is 20.9 Å². The van der Waals surface area contributed by atoms with Crippen molar-refractivity contribution in [3.05, 3.63) is 112 Å². The molecule has 0 spiro atoms. The van der Waals surface area contributed by atoms with Crippen molar-refractivity contribution in [3.8, 4) is 22.3 Å². The summed E-state index contributed by atoms with van der Waals surface area (Å²) in [4.78, 5) is 26.4. The Labute approximate surface area is 229 Å². The van der Waals surface area contributed by atoms with Gasteiger partial charge in [0, 0.05) is 23.1 Å². The third kappa shape index (κ3) is 4.78. The minimum atomic E-state index is -4.49. The Morgan fingerprint density at radius 3 is 1.86 bits per heavy atom. The summed E-state index contributed by atoms with van der Waals surface area (Å²) in [6.45, 7) is 6.99. The lowest BCUT2D eigenvalue weighted by atomic mass is 10.0. The summed E-state index contributed by atoms with van der Waals surface area (Å²) in [5.74, 6) is 0. The number of aromatic nitrogens is 2. The fourth-order valence-corrected chi connectivity index (χ4v) is 5.20. The first-order valence-corrected chi connectivity index (χ1v) is 12.6. The Hall–Kier alpha value is -2.81. The maximum absolute atomic E-state index is 13.3. The summed E-state index contributed by atoms with van der Waals surface area (Å²) in [7, 11) is 0. The van der Waals surface area contributed by atoms with Gasteiger partial charge in [0.15, 0.2) is 5.43 Å². The Morgan fingerprint density at radius 1 is 0.730 bits per heavy atom. The SMILES string of the molecule is Cc1cc(=O)c(-c2ccc(Cl)c(Cl)c2)c(C)n1-n1c(C)c(Br)c(=O)c(-c2ccc(C(F)(F)F)cc2)c1C. The molecule has 192 valence electrons. The van der Waals surface area contributed by atoms with Gasteiger partial charge in [0.05, 0.1) is 36.9 Å². The molecule has 0 saturated carbocycles. The number of alkyl halides is 3. The lowest BCUT2D eigenvalue weighted by molar-refractivity contribution is -0.137. The van der Waals surface area contributed by atoms with E-state index in [0.717, 1.165) is 12.1 Å². The molecule has 0 amide bonds. The molecule has 4 aromatic rings. The van der Waals surface area contributed by atoms with Crippen LogP contribution in [0.4, 0.5) is 13.2 Å². The first-order valence-electron chi connectivity index (χ1n) is 11.0. The van der Waals surface area contributed by atoms with Gasteiger partial charge in [-0.15, -0.1) is 0 Å². The van der Waals surface area contributed by atoms with Crippen molar-refractivity contribution in [1.82, 2.24) is 9.35 Å². The van der Waals surface area contributed by atoms with Crippen molar-refractivity contribution < 1.29 is 13.2 Å². The molecule has 0 bridgehead atoms. The number of halogens is 6. The van der Waals surface area contributed by atoms with Crippen molar-refractivity contribution in [3.63, 3.8) is 0 Å². The van der Waals surface area contributed by atoms with Crippen LogP contribution in [0, 0.1) is 27.7 Å². The molecule has 0 unspecified atom stereocenters. The van der Waals surface area contributed by atoms with Gasteiger partial charge in [-0.2, -0.15) is 13.2 Å². The van der Waals surface area contributed by atoms with Gasteiger partial charge in [-0.05, 0) is 79.0 Å². The molecule has 0 saturated heterocycles. The van der Waals surface area contributed by atoms with Gasteiger partial charge < -0.3 is 0 Å².